The fraction of sp³-hybridized carbons (Fsp3) is 0.500. The number of alkyl halides is 2. The highest BCUT2D eigenvalue weighted by Gasteiger charge is 2.08. The maximum Gasteiger partial charge on any atom is 0.387 e. The second-order valence-corrected chi connectivity index (χ2v) is 5.95. The van der Waals surface area contributed by atoms with E-state index in [-0.39, 0.29) is 5.75 Å². The Morgan fingerprint density at radius 2 is 2.07 bits per heavy atom. The summed E-state index contributed by atoms with van der Waals surface area (Å²) in [5.74, 6) is 2.17. The molecule has 0 spiro atoms. The van der Waals surface area contributed by atoms with E-state index >= 15 is 0 Å². The predicted octanol–water partition coefficient (Wildman–Crippen LogP) is 3.01. The normalized spacial score (nSPS) is 11.7. The average molecular weight is 381 g/mol. The summed E-state index contributed by atoms with van der Waals surface area (Å²) in [4.78, 5) is 10.8. The van der Waals surface area contributed by atoms with Crippen LogP contribution in [0.1, 0.15) is 30.6 Å². The molecule has 7 nitrogen and oxygen atoms in total. The lowest BCUT2D eigenvalue weighted by Gasteiger charge is -2.22. The van der Waals surface area contributed by atoms with Gasteiger partial charge in [-0.25, -0.2) is 0 Å². The molecule has 0 fully saturated rings. The van der Waals surface area contributed by atoms with Gasteiger partial charge in [0, 0.05) is 33.1 Å². The number of nitrogens with zero attached hydrogens (tertiary/aromatic N) is 4. The van der Waals surface area contributed by atoms with Gasteiger partial charge in [0.05, 0.1) is 0 Å². The zero-order valence-corrected chi connectivity index (χ0v) is 15.8. The molecule has 148 valence electrons. The van der Waals surface area contributed by atoms with Crippen LogP contribution >= 0.6 is 0 Å². The minimum Gasteiger partial charge on any atom is -0.435 e. The molecule has 1 aromatic carbocycles. The van der Waals surface area contributed by atoms with E-state index in [4.69, 9.17) is 4.52 Å². The summed E-state index contributed by atoms with van der Waals surface area (Å²) in [6, 6.07) is 6.59. The molecule has 1 heterocycles. The number of hydrogen-bond donors (Lipinski definition) is 1. The highest BCUT2D eigenvalue weighted by atomic mass is 19.3. The number of rotatable bonds is 9. The largest absolute Gasteiger partial charge is 0.435 e. The van der Waals surface area contributed by atoms with E-state index in [1.807, 2.05) is 18.9 Å². The molecule has 0 unspecified atom stereocenters. The molecular formula is C18H25F2N5O2. The number of benzene rings is 1. The lowest BCUT2D eigenvalue weighted by atomic mass is 10.2. The van der Waals surface area contributed by atoms with Gasteiger partial charge in [-0.1, -0.05) is 17.3 Å². The molecule has 0 saturated heterocycles. The SMILES string of the molecule is CCNC(=NCCCc1nc(C)no1)N(C)Cc1ccc(OC(F)F)cc1. The lowest BCUT2D eigenvalue weighted by molar-refractivity contribution is -0.0498. The van der Waals surface area contributed by atoms with Crippen LogP contribution in [0.5, 0.6) is 5.75 Å². The van der Waals surface area contributed by atoms with E-state index in [2.05, 4.69) is 25.2 Å². The van der Waals surface area contributed by atoms with Crippen LogP contribution in [0.15, 0.2) is 33.8 Å². The van der Waals surface area contributed by atoms with Crippen molar-refractivity contribution in [2.75, 3.05) is 20.1 Å². The smallest absolute Gasteiger partial charge is 0.387 e. The third kappa shape index (κ3) is 7.20. The van der Waals surface area contributed by atoms with Crippen molar-refractivity contribution in [3.05, 3.63) is 41.5 Å². The zero-order chi connectivity index (χ0) is 19.6. The third-order valence-corrected chi connectivity index (χ3v) is 3.64. The van der Waals surface area contributed by atoms with Crippen molar-refractivity contribution in [2.24, 2.45) is 4.99 Å². The van der Waals surface area contributed by atoms with E-state index in [0.29, 0.717) is 31.2 Å². The summed E-state index contributed by atoms with van der Waals surface area (Å²) in [5, 5.41) is 7.01. The number of ether oxygens (including phenoxy) is 1. The second kappa shape index (κ2) is 10.4. The Labute approximate surface area is 157 Å². The van der Waals surface area contributed by atoms with Crippen molar-refractivity contribution in [3.63, 3.8) is 0 Å². The van der Waals surface area contributed by atoms with E-state index in [0.717, 1.165) is 24.5 Å². The van der Waals surface area contributed by atoms with Gasteiger partial charge in [0.15, 0.2) is 11.8 Å². The first-order valence-electron chi connectivity index (χ1n) is 8.80. The quantitative estimate of drug-likeness (QED) is 0.409. The Morgan fingerprint density at radius 1 is 1.33 bits per heavy atom. The topological polar surface area (TPSA) is 75.8 Å². The average Bonchev–Trinajstić information content (AvgIpc) is 3.04. The first-order valence-corrected chi connectivity index (χ1v) is 8.80. The van der Waals surface area contributed by atoms with Gasteiger partial charge in [0.25, 0.3) is 0 Å². The van der Waals surface area contributed by atoms with Crippen molar-refractivity contribution < 1.29 is 18.0 Å². The second-order valence-electron chi connectivity index (χ2n) is 5.95. The van der Waals surface area contributed by atoms with E-state index < -0.39 is 6.61 Å². The van der Waals surface area contributed by atoms with Crippen molar-refractivity contribution in [3.8, 4) is 5.75 Å². The molecule has 0 aliphatic rings. The molecule has 1 aromatic heterocycles. The van der Waals surface area contributed by atoms with Crippen LogP contribution in [0.2, 0.25) is 0 Å². The van der Waals surface area contributed by atoms with Gasteiger partial charge in [-0.15, -0.1) is 0 Å². The van der Waals surface area contributed by atoms with Crippen molar-refractivity contribution in [2.45, 2.75) is 39.8 Å². The highest BCUT2D eigenvalue weighted by molar-refractivity contribution is 5.79. The Morgan fingerprint density at radius 3 is 2.67 bits per heavy atom. The van der Waals surface area contributed by atoms with Crippen molar-refractivity contribution in [1.82, 2.24) is 20.4 Å². The van der Waals surface area contributed by atoms with Gasteiger partial charge in [-0.3, -0.25) is 4.99 Å². The standard InChI is InChI=1S/C18H25F2N5O2/c1-4-21-18(22-11-5-6-16-23-13(2)24-27-16)25(3)12-14-7-9-15(10-8-14)26-17(19)20/h7-10,17H,4-6,11-12H2,1-3H3,(H,21,22). The van der Waals surface area contributed by atoms with Gasteiger partial charge in [-0.05, 0) is 38.0 Å². The summed E-state index contributed by atoms with van der Waals surface area (Å²) >= 11 is 0. The summed E-state index contributed by atoms with van der Waals surface area (Å²) in [5.41, 5.74) is 0.964. The summed E-state index contributed by atoms with van der Waals surface area (Å²) in [6.45, 7) is 2.92. The first-order chi connectivity index (χ1) is 13.0. The fourth-order valence-corrected chi connectivity index (χ4v) is 2.45. The molecule has 0 bridgehead atoms. The van der Waals surface area contributed by atoms with Crippen LogP contribution in [0, 0.1) is 6.92 Å². The number of guanidine groups is 1. The zero-order valence-electron chi connectivity index (χ0n) is 15.8. The van der Waals surface area contributed by atoms with Gasteiger partial charge >= 0.3 is 6.61 Å². The van der Waals surface area contributed by atoms with E-state index in [1.54, 1.807) is 19.1 Å². The molecule has 0 saturated carbocycles. The Kier molecular flexibility index (Phi) is 7.97. The summed E-state index contributed by atoms with van der Waals surface area (Å²) in [6.07, 6.45) is 1.48. The molecule has 2 rings (SSSR count). The number of nitrogens with one attached hydrogen (secondary N) is 1. The van der Waals surface area contributed by atoms with Crippen LogP contribution in [0.4, 0.5) is 8.78 Å². The molecule has 27 heavy (non-hydrogen) atoms. The number of hydrogen-bond acceptors (Lipinski definition) is 5. The lowest BCUT2D eigenvalue weighted by Crippen LogP contribution is -2.38. The monoisotopic (exact) mass is 381 g/mol. The minimum atomic E-state index is -2.82. The van der Waals surface area contributed by atoms with Gasteiger partial charge in [0.2, 0.25) is 5.89 Å². The highest BCUT2D eigenvalue weighted by Crippen LogP contribution is 2.15. The molecule has 1 N–H and O–H groups in total. The maximum atomic E-state index is 12.2. The molecule has 0 aliphatic carbocycles. The Hall–Kier alpha value is -2.71. The van der Waals surface area contributed by atoms with Crippen LogP contribution in [0.3, 0.4) is 0 Å². The maximum absolute atomic E-state index is 12.2. The van der Waals surface area contributed by atoms with Gasteiger partial charge in [0.1, 0.15) is 5.75 Å². The van der Waals surface area contributed by atoms with E-state index in [9.17, 15) is 8.78 Å². The van der Waals surface area contributed by atoms with Gasteiger partial charge in [-0.2, -0.15) is 13.8 Å². The molecule has 0 aliphatic heterocycles. The summed E-state index contributed by atoms with van der Waals surface area (Å²) < 4.78 is 33.9. The molecule has 0 radical (unpaired) electrons. The third-order valence-electron chi connectivity index (χ3n) is 3.64. The van der Waals surface area contributed by atoms with Crippen LogP contribution in [-0.4, -0.2) is 47.7 Å². The number of aryl methyl sites for hydroxylation is 2. The molecule has 9 heteroatoms. The van der Waals surface area contributed by atoms with Crippen LogP contribution < -0.4 is 10.1 Å². The Bertz CT molecular complexity index is 719. The van der Waals surface area contributed by atoms with Gasteiger partial charge < -0.3 is 19.5 Å². The van der Waals surface area contributed by atoms with E-state index in [1.165, 1.54) is 12.1 Å². The number of aliphatic imine (C=N–C) groups is 1. The van der Waals surface area contributed by atoms with Crippen LogP contribution in [-0.2, 0) is 13.0 Å². The van der Waals surface area contributed by atoms with Crippen LogP contribution in [0.25, 0.3) is 0 Å². The number of halogens is 2. The molecule has 0 amide bonds. The fourth-order valence-electron chi connectivity index (χ4n) is 2.45. The molecule has 2 aromatic rings. The first kappa shape index (κ1) is 20.6. The van der Waals surface area contributed by atoms with Crippen molar-refractivity contribution in [1.29, 1.82) is 0 Å². The molecule has 0 atom stereocenters. The predicted molar refractivity (Wildman–Crippen MR) is 97.9 cm³/mol. The van der Waals surface area contributed by atoms with Crippen molar-refractivity contribution >= 4 is 5.96 Å². The summed E-state index contributed by atoms with van der Waals surface area (Å²) in [7, 11) is 1.92. The Balaban J connectivity index is 1.87. The minimum absolute atomic E-state index is 0.147. The number of aromatic nitrogens is 2. The molecular weight excluding hydrogens is 356 g/mol.